The Labute approximate surface area is 323 Å². The van der Waals surface area contributed by atoms with Gasteiger partial charge in [-0.05, 0) is 82.4 Å². The average molecular weight is 719 g/mol. The quantitative estimate of drug-likeness (QED) is 0.135. The number of hydrogen-bond donors (Lipinski definition) is 1. The summed E-state index contributed by atoms with van der Waals surface area (Å²) < 4.78 is 8.93. The molecule has 1 N–H and O–H groups in total. The van der Waals surface area contributed by atoms with Crippen molar-refractivity contribution in [1.82, 2.24) is 4.57 Å². The van der Waals surface area contributed by atoms with E-state index in [2.05, 4.69) is 114 Å². The molecule has 0 aliphatic rings. The zero-order valence-electron chi connectivity index (χ0n) is 30.3. The molecule has 0 saturated carbocycles. The monoisotopic (exact) mass is 718 g/mol. The smallest absolute Gasteiger partial charge is 0.161 e. The van der Waals surface area contributed by atoms with Crippen LogP contribution in [0.5, 0.6) is 0 Å². The molecule has 264 valence electrons. The normalized spacial score (nSPS) is 12.0. The molecule has 0 radical (unpaired) electrons. The van der Waals surface area contributed by atoms with Crippen molar-refractivity contribution in [2.75, 3.05) is 0 Å². The molecule has 5 nitrogen and oxygen atoms in total. The van der Waals surface area contributed by atoms with E-state index in [1.54, 1.807) is 0 Å². The first-order chi connectivity index (χ1) is 27.7. The summed E-state index contributed by atoms with van der Waals surface area (Å²) in [4.78, 5) is 9.66. The third-order valence-corrected chi connectivity index (χ3v) is 10.4. The summed E-state index contributed by atoms with van der Waals surface area (Å²) in [5, 5.41) is 13.6. The molecule has 0 saturated heterocycles. The molecule has 8 aromatic carbocycles. The number of amidine groups is 2. The van der Waals surface area contributed by atoms with Crippen LogP contribution in [-0.4, -0.2) is 22.5 Å². The van der Waals surface area contributed by atoms with E-state index in [9.17, 15) is 5.41 Å². The second kappa shape index (κ2) is 14.0. The van der Waals surface area contributed by atoms with E-state index in [-0.39, 0.29) is 5.84 Å². The Hall–Kier alpha value is -7.63. The summed E-state index contributed by atoms with van der Waals surface area (Å²) in [5.41, 5.74) is 11.6. The molecule has 5 heteroatoms. The highest BCUT2D eigenvalue weighted by Crippen LogP contribution is 2.38. The lowest BCUT2D eigenvalue weighted by Gasteiger charge is -2.08. The maximum atomic E-state index is 9.25. The van der Waals surface area contributed by atoms with E-state index >= 15 is 0 Å². The summed E-state index contributed by atoms with van der Waals surface area (Å²) in [6.45, 7) is 0. The van der Waals surface area contributed by atoms with E-state index in [1.807, 2.05) is 91.1 Å². The Morgan fingerprint density at radius 2 is 1.14 bits per heavy atom. The lowest BCUT2D eigenvalue weighted by Crippen LogP contribution is -2.05. The molecule has 0 atom stereocenters. The standard InChI is InChI=1S/C51H34N4O/c52-50(54-51(36-17-6-2-7-18-36)53-33-34-14-12-19-37(30-34)35-15-4-1-5-16-35)44-24-13-23-43-42-28-26-39(32-48(42)56-49(43)44)38-27-29-47-45(31-38)41-22-10-11-25-46(41)55(47)40-20-8-3-9-21-40/h1-33,52H/b52-50?,53-33+,54-51-. The molecule has 0 spiro atoms. The molecule has 10 rings (SSSR count). The van der Waals surface area contributed by atoms with Crippen LogP contribution >= 0.6 is 0 Å². The maximum Gasteiger partial charge on any atom is 0.161 e. The number of benzene rings is 8. The third kappa shape index (κ3) is 5.98. The molecule has 0 bridgehead atoms. The molecular formula is C51H34N4O. The molecule has 0 aliphatic heterocycles. The molecule has 2 heterocycles. The number of aromatic nitrogens is 1. The zero-order chi connectivity index (χ0) is 37.4. The van der Waals surface area contributed by atoms with Crippen LogP contribution in [0.15, 0.2) is 209 Å². The second-order valence-corrected chi connectivity index (χ2v) is 13.8. The number of fused-ring (bicyclic) bond motifs is 6. The summed E-state index contributed by atoms with van der Waals surface area (Å²) in [6, 6.07) is 66.4. The molecule has 0 amide bonds. The van der Waals surface area contributed by atoms with Crippen molar-refractivity contribution in [2.24, 2.45) is 9.98 Å². The van der Waals surface area contributed by atoms with Crippen molar-refractivity contribution in [2.45, 2.75) is 0 Å². The number of nitrogens with zero attached hydrogens (tertiary/aromatic N) is 3. The summed E-state index contributed by atoms with van der Waals surface area (Å²) in [7, 11) is 0. The first-order valence-electron chi connectivity index (χ1n) is 18.6. The fourth-order valence-electron chi connectivity index (χ4n) is 7.66. The van der Waals surface area contributed by atoms with Crippen LogP contribution in [-0.2, 0) is 0 Å². The largest absolute Gasteiger partial charge is 0.455 e. The van der Waals surface area contributed by atoms with Crippen molar-refractivity contribution >= 4 is 61.6 Å². The van der Waals surface area contributed by atoms with E-state index < -0.39 is 0 Å². The van der Waals surface area contributed by atoms with E-state index in [1.165, 1.54) is 16.3 Å². The van der Waals surface area contributed by atoms with Gasteiger partial charge in [-0.15, -0.1) is 0 Å². The van der Waals surface area contributed by atoms with Gasteiger partial charge in [-0.2, -0.15) is 0 Å². The highest BCUT2D eigenvalue weighted by atomic mass is 16.3. The predicted octanol–water partition coefficient (Wildman–Crippen LogP) is 12.9. The Morgan fingerprint density at radius 3 is 1.98 bits per heavy atom. The van der Waals surface area contributed by atoms with Crippen LogP contribution in [0, 0.1) is 5.41 Å². The van der Waals surface area contributed by atoms with Crippen molar-refractivity contribution in [3.8, 4) is 27.9 Å². The van der Waals surface area contributed by atoms with E-state index in [0.29, 0.717) is 17.0 Å². The fraction of sp³-hybridized carbons (Fsp3) is 0. The van der Waals surface area contributed by atoms with E-state index in [4.69, 9.17) is 14.4 Å². The lowest BCUT2D eigenvalue weighted by molar-refractivity contribution is 0.668. The van der Waals surface area contributed by atoms with Crippen LogP contribution in [0.25, 0.3) is 71.7 Å². The maximum absolute atomic E-state index is 9.25. The molecule has 56 heavy (non-hydrogen) atoms. The molecule has 0 fully saturated rings. The van der Waals surface area contributed by atoms with Crippen LogP contribution in [0.4, 0.5) is 0 Å². The predicted molar refractivity (Wildman–Crippen MR) is 233 cm³/mol. The van der Waals surface area contributed by atoms with Crippen LogP contribution in [0.1, 0.15) is 16.7 Å². The average Bonchev–Trinajstić information content (AvgIpc) is 3.81. The highest BCUT2D eigenvalue weighted by molar-refractivity contribution is 6.19. The van der Waals surface area contributed by atoms with Gasteiger partial charge in [0.2, 0.25) is 0 Å². The van der Waals surface area contributed by atoms with Crippen LogP contribution < -0.4 is 0 Å². The van der Waals surface area contributed by atoms with Crippen molar-refractivity contribution in [1.29, 1.82) is 5.41 Å². The highest BCUT2D eigenvalue weighted by Gasteiger charge is 2.17. The van der Waals surface area contributed by atoms with Gasteiger partial charge in [0.05, 0.1) is 16.6 Å². The van der Waals surface area contributed by atoms with Gasteiger partial charge in [-0.25, -0.2) is 9.98 Å². The fourth-order valence-corrected chi connectivity index (χ4v) is 7.66. The minimum absolute atomic E-state index is 0.0733. The summed E-state index contributed by atoms with van der Waals surface area (Å²) >= 11 is 0. The third-order valence-electron chi connectivity index (χ3n) is 10.4. The van der Waals surface area contributed by atoms with Gasteiger partial charge in [0.15, 0.2) is 11.7 Å². The molecular weight excluding hydrogens is 685 g/mol. The van der Waals surface area contributed by atoms with Gasteiger partial charge in [0.1, 0.15) is 11.2 Å². The number of nitrogens with one attached hydrogen (secondary N) is 1. The van der Waals surface area contributed by atoms with Gasteiger partial charge in [0, 0.05) is 39.0 Å². The Bertz CT molecular complexity index is 3140. The SMILES string of the molecule is N=C(/N=C(\N=C\c1cccc(-c2ccccc2)c1)c1ccccc1)c1cccc2c1oc1cc(-c3ccc4c(c3)c3ccccc3n4-c3ccccc3)ccc12. The molecule has 0 aliphatic carbocycles. The molecule has 0 unspecified atom stereocenters. The van der Waals surface area contributed by atoms with Gasteiger partial charge in [-0.1, -0.05) is 140 Å². The van der Waals surface area contributed by atoms with Crippen molar-refractivity contribution in [3.63, 3.8) is 0 Å². The van der Waals surface area contributed by atoms with E-state index in [0.717, 1.165) is 60.9 Å². The number of rotatable bonds is 6. The topological polar surface area (TPSA) is 66.6 Å². The first kappa shape index (κ1) is 33.0. The summed E-state index contributed by atoms with van der Waals surface area (Å²) in [5.74, 6) is 0.518. The Balaban J connectivity index is 1.02. The van der Waals surface area contributed by atoms with Gasteiger partial charge in [-0.3, -0.25) is 5.41 Å². The van der Waals surface area contributed by atoms with Crippen molar-refractivity contribution < 1.29 is 4.42 Å². The number of aliphatic imine (C=N–C) groups is 2. The number of para-hydroxylation sites is 3. The van der Waals surface area contributed by atoms with Crippen LogP contribution in [0.3, 0.4) is 0 Å². The summed E-state index contributed by atoms with van der Waals surface area (Å²) in [6.07, 6.45) is 1.81. The minimum Gasteiger partial charge on any atom is -0.455 e. The minimum atomic E-state index is 0.0733. The van der Waals surface area contributed by atoms with Gasteiger partial charge >= 0.3 is 0 Å². The zero-order valence-corrected chi connectivity index (χ0v) is 30.3. The van der Waals surface area contributed by atoms with Crippen LogP contribution in [0.2, 0.25) is 0 Å². The Morgan fingerprint density at radius 1 is 0.500 bits per heavy atom. The number of hydrogen-bond acceptors (Lipinski definition) is 2. The molecule has 2 aromatic heterocycles. The lowest BCUT2D eigenvalue weighted by atomic mass is 10.0. The van der Waals surface area contributed by atoms with Crippen molar-refractivity contribution in [3.05, 3.63) is 211 Å². The van der Waals surface area contributed by atoms with Gasteiger partial charge < -0.3 is 8.98 Å². The first-order valence-corrected chi connectivity index (χ1v) is 18.6. The number of furan rings is 1. The van der Waals surface area contributed by atoms with Gasteiger partial charge in [0.25, 0.3) is 0 Å². The Kier molecular flexibility index (Phi) is 8.23. The second-order valence-electron chi connectivity index (χ2n) is 13.8. The molecule has 10 aromatic rings.